The summed E-state index contributed by atoms with van der Waals surface area (Å²) in [5.41, 5.74) is 1.20. The summed E-state index contributed by atoms with van der Waals surface area (Å²) >= 11 is 0. The number of likely N-dealkylation sites (N-methyl/N-ethyl adjacent to an activating group) is 1. The fourth-order valence-electron chi connectivity index (χ4n) is 0.716. The molecule has 0 aromatic heterocycles. The molecule has 0 aromatic carbocycles. The first-order chi connectivity index (χ1) is 4.92. The van der Waals surface area contributed by atoms with Gasteiger partial charge in [0.05, 0.1) is 27.7 Å². The molecule has 0 aliphatic rings. The van der Waals surface area contributed by atoms with Crippen LogP contribution in [0.2, 0.25) is 0 Å². The molecule has 0 saturated carbocycles. The molecule has 82 valence electrons. The number of nitrogens with one attached hydrogen (secondary N) is 1. The van der Waals surface area contributed by atoms with Crippen LogP contribution in [-0.4, -0.2) is 45.3 Å². The Labute approximate surface area is 88.8 Å². The van der Waals surface area contributed by atoms with E-state index in [2.05, 4.69) is 33.0 Å². The summed E-state index contributed by atoms with van der Waals surface area (Å²) in [5.74, 6) is 0. The van der Waals surface area contributed by atoms with Crippen LogP contribution in [0.5, 0.6) is 0 Å². The summed E-state index contributed by atoms with van der Waals surface area (Å²) in [5, 5.41) is 3.33. The smallest absolute Gasteiger partial charge is 0.0907 e. The Kier molecular flexibility index (Phi) is 12.2. The number of quaternary nitrogens is 1. The quantitative estimate of drug-likeness (QED) is 0.410. The highest BCUT2D eigenvalue weighted by molar-refractivity contribution is 5.85. The van der Waals surface area contributed by atoms with Gasteiger partial charge in [-0.05, 0) is 6.92 Å². The molecule has 0 unspecified atom stereocenters. The molecule has 0 aliphatic heterocycles. The Morgan fingerprint density at radius 2 is 1.77 bits per heavy atom. The molecule has 3 nitrogen and oxygen atoms in total. The fourth-order valence-corrected chi connectivity index (χ4v) is 0.716. The third-order valence-corrected chi connectivity index (χ3v) is 1.39. The molecule has 0 rings (SSSR count). The lowest BCUT2D eigenvalue weighted by Crippen LogP contribution is -2.40. The van der Waals surface area contributed by atoms with Crippen molar-refractivity contribution in [1.29, 1.82) is 0 Å². The maximum atomic E-state index is 3.82. The Morgan fingerprint density at radius 3 is 2.08 bits per heavy atom. The van der Waals surface area contributed by atoms with E-state index in [9.17, 15) is 0 Å². The van der Waals surface area contributed by atoms with Gasteiger partial charge in [-0.2, -0.15) is 0 Å². The van der Waals surface area contributed by atoms with E-state index in [0.717, 1.165) is 24.1 Å². The third-order valence-electron chi connectivity index (χ3n) is 1.39. The van der Waals surface area contributed by atoms with Crippen LogP contribution >= 0.6 is 12.4 Å². The number of halogens is 1. The molecule has 0 bridgehead atoms. The summed E-state index contributed by atoms with van der Waals surface area (Å²) < 4.78 is 1.02. The van der Waals surface area contributed by atoms with Crippen LogP contribution in [0, 0.1) is 0 Å². The van der Waals surface area contributed by atoms with Crippen molar-refractivity contribution in [2.75, 3.05) is 40.8 Å². The number of nitrogens with zero attached hydrogens (tertiary/aromatic N) is 1. The number of hydrogen-bond donors (Lipinski definition) is 2. The van der Waals surface area contributed by atoms with Crippen molar-refractivity contribution in [1.82, 2.24) is 11.5 Å². The van der Waals surface area contributed by atoms with Gasteiger partial charge in [-0.25, -0.2) is 0 Å². The van der Waals surface area contributed by atoms with Crippen molar-refractivity contribution >= 4 is 12.4 Å². The topological polar surface area (TPSA) is 47.0 Å². The van der Waals surface area contributed by atoms with Crippen molar-refractivity contribution in [2.24, 2.45) is 0 Å². The highest BCUT2D eigenvalue weighted by Crippen LogP contribution is 1.87. The zero-order valence-corrected chi connectivity index (χ0v) is 10.2. The first-order valence-corrected chi connectivity index (χ1v) is 4.07. The van der Waals surface area contributed by atoms with Crippen LogP contribution in [0.15, 0.2) is 12.2 Å². The van der Waals surface area contributed by atoms with E-state index in [-0.39, 0.29) is 18.6 Å². The molecule has 4 N–H and O–H groups in total. The standard InChI is InChI=1S/C9H21N2.ClH.H3N/c1-9(2)8-10-6-7-11(3,4)5;;/h10H,1,6-8H2,2-5H3;1H;1H3/q+1;;. The minimum Gasteiger partial charge on any atom is -0.344 e. The maximum Gasteiger partial charge on any atom is 0.0907 e. The molecule has 0 amide bonds. The predicted octanol–water partition coefficient (Wildman–Crippen LogP) is 1.44. The van der Waals surface area contributed by atoms with Crippen LogP contribution in [0.1, 0.15) is 6.92 Å². The summed E-state index contributed by atoms with van der Waals surface area (Å²) in [6, 6.07) is 0. The number of hydrogen-bond acceptors (Lipinski definition) is 2. The molecule has 0 spiro atoms. The Morgan fingerprint density at radius 1 is 1.31 bits per heavy atom. The van der Waals surface area contributed by atoms with E-state index in [1.165, 1.54) is 5.57 Å². The first-order valence-electron chi connectivity index (χ1n) is 4.07. The molecule has 13 heavy (non-hydrogen) atoms. The molecule has 0 saturated heterocycles. The van der Waals surface area contributed by atoms with Crippen molar-refractivity contribution in [2.45, 2.75) is 6.92 Å². The summed E-state index contributed by atoms with van der Waals surface area (Å²) in [6.45, 7) is 9.03. The number of rotatable bonds is 5. The normalized spacial score (nSPS) is 9.85. The molecule has 4 heteroatoms. The van der Waals surface area contributed by atoms with Gasteiger partial charge in [0.15, 0.2) is 0 Å². The van der Waals surface area contributed by atoms with Gasteiger partial charge in [-0.3, -0.25) is 0 Å². The minimum atomic E-state index is 0. The van der Waals surface area contributed by atoms with Crippen molar-refractivity contribution < 1.29 is 4.48 Å². The summed E-state index contributed by atoms with van der Waals surface area (Å²) in [6.07, 6.45) is 0. The molecular weight excluding hydrogens is 186 g/mol. The van der Waals surface area contributed by atoms with Gasteiger partial charge in [0.1, 0.15) is 0 Å². The molecule has 0 radical (unpaired) electrons. The van der Waals surface area contributed by atoms with Crippen molar-refractivity contribution in [3.63, 3.8) is 0 Å². The average molecular weight is 211 g/mol. The Hall–Kier alpha value is -0.0900. The highest BCUT2D eigenvalue weighted by atomic mass is 35.5. The van der Waals surface area contributed by atoms with Crippen molar-refractivity contribution in [3.05, 3.63) is 12.2 Å². The van der Waals surface area contributed by atoms with Crippen LogP contribution < -0.4 is 11.5 Å². The average Bonchev–Trinajstić information content (AvgIpc) is 1.78. The van der Waals surface area contributed by atoms with Gasteiger partial charge in [0.25, 0.3) is 0 Å². The fraction of sp³-hybridized carbons (Fsp3) is 0.778. The van der Waals surface area contributed by atoms with E-state index in [1.807, 2.05) is 6.92 Å². The maximum absolute atomic E-state index is 3.82. The second kappa shape index (κ2) is 8.51. The highest BCUT2D eigenvalue weighted by Gasteiger charge is 2.04. The summed E-state index contributed by atoms with van der Waals surface area (Å²) in [7, 11) is 6.59. The van der Waals surface area contributed by atoms with Crippen LogP contribution in [-0.2, 0) is 0 Å². The van der Waals surface area contributed by atoms with Gasteiger partial charge in [-0.15, -0.1) is 12.4 Å². The first kappa shape index (κ1) is 18.6. The summed E-state index contributed by atoms with van der Waals surface area (Å²) in [4.78, 5) is 0. The van der Waals surface area contributed by atoms with E-state index >= 15 is 0 Å². The minimum absolute atomic E-state index is 0. The van der Waals surface area contributed by atoms with E-state index in [1.54, 1.807) is 0 Å². The second-order valence-corrected chi connectivity index (χ2v) is 4.15. The Bertz CT molecular complexity index is 129. The van der Waals surface area contributed by atoms with Gasteiger partial charge >= 0.3 is 0 Å². The van der Waals surface area contributed by atoms with Gasteiger partial charge in [0, 0.05) is 13.1 Å². The van der Waals surface area contributed by atoms with Gasteiger partial charge < -0.3 is 16.0 Å². The molecule has 0 aliphatic carbocycles. The third kappa shape index (κ3) is 18.7. The van der Waals surface area contributed by atoms with Crippen LogP contribution in [0.4, 0.5) is 0 Å². The lowest BCUT2D eigenvalue weighted by Gasteiger charge is -2.23. The molecule has 0 fully saturated rings. The lowest BCUT2D eigenvalue weighted by molar-refractivity contribution is -0.869. The Balaban J connectivity index is -0.000000500. The molecule has 0 aromatic rings. The van der Waals surface area contributed by atoms with Crippen molar-refractivity contribution in [3.8, 4) is 0 Å². The van der Waals surface area contributed by atoms with E-state index in [0.29, 0.717) is 0 Å². The van der Waals surface area contributed by atoms with Crippen LogP contribution in [0.3, 0.4) is 0 Å². The predicted molar refractivity (Wildman–Crippen MR) is 62.9 cm³/mol. The molecule has 0 atom stereocenters. The van der Waals surface area contributed by atoms with Gasteiger partial charge in [0.2, 0.25) is 0 Å². The van der Waals surface area contributed by atoms with E-state index < -0.39 is 0 Å². The molecular formula is C9H25ClN3+. The van der Waals surface area contributed by atoms with Gasteiger partial charge in [-0.1, -0.05) is 12.2 Å². The largest absolute Gasteiger partial charge is 0.344 e. The zero-order chi connectivity index (χ0) is 8.91. The second-order valence-electron chi connectivity index (χ2n) is 4.15. The molecule has 0 heterocycles. The lowest BCUT2D eigenvalue weighted by atomic mass is 10.3. The zero-order valence-electron chi connectivity index (χ0n) is 9.39. The monoisotopic (exact) mass is 210 g/mol. The van der Waals surface area contributed by atoms with Crippen LogP contribution in [0.25, 0.3) is 0 Å². The van der Waals surface area contributed by atoms with E-state index in [4.69, 9.17) is 0 Å². The SMILES string of the molecule is C=C(C)CNCC[N+](C)(C)C.Cl.N.